The molecule has 0 aromatic heterocycles. The molecule has 7 rings (SSSR count). The normalized spacial score (nSPS) is 23.0. The fourth-order valence-electron chi connectivity index (χ4n) is 6.59. The Morgan fingerprint density at radius 3 is 1.95 bits per heavy atom. The monoisotopic (exact) mass is 574 g/mol. The number of fused-ring (bicyclic) bond motifs is 3. The van der Waals surface area contributed by atoms with Crippen molar-refractivity contribution in [2.45, 2.75) is 29.5 Å². The number of hydrogen-bond donors (Lipinski definition) is 1. The third-order valence-electron chi connectivity index (χ3n) is 8.87. The Morgan fingerprint density at radius 1 is 0.721 bits per heavy atom. The third-order valence-corrected chi connectivity index (χ3v) is 8.87. The first-order valence-electron chi connectivity index (χ1n) is 14.5. The molecule has 0 radical (unpaired) electrons. The number of ether oxygens (including phenoxy) is 5. The summed E-state index contributed by atoms with van der Waals surface area (Å²) in [7, 11) is 3.31. The smallest absolute Gasteiger partial charge is 0.144 e. The molecule has 2 bridgehead atoms. The van der Waals surface area contributed by atoms with Gasteiger partial charge >= 0.3 is 0 Å². The fourth-order valence-corrected chi connectivity index (χ4v) is 6.59. The van der Waals surface area contributed by atoms with Crippen LogP contribution in [-0.4, -0.2) is 50.3 Å². The molecule has 5 aromatic rings. The summed E-state index contributed by atoms with van der Waals surface area (Å²) >= 11 is 0. The Hall–Kier alpha value is -4.20. The van der Waals surface area contributed by atoms with Crippen molar-refractivity contribution < 1.29 is 28.8 Å². The van der Waals surface area contributed by atoms with Crippen LogP contribution in [0.25, 0.3) is 10.8 Å². The Morgan fingerprint density at radius 2 is 1.30 bits per heavy atom. The molecule has 5 aromatic carbocycles. The van der Waals surface area contributed by atoms with E-state index in [2.05, 4.69) is 36.4 Å². The van der Waals surface area contributed by atoms with Gasteiger partial charge < -0.3 is 28.8 Å². The molecule has 1 N–H and O–H groups in total. The summed E-state index contributed by atoms with van der Waals surface area (Å²) in [5.41, 5.74) is 1.68. The Kier molecular flexibility index (Phi) is 7.15. The topological polar surface area (TPSA) is 66.4 Å². The highest BCUT2D eigenvalue weighted by atomic mass is 16.7. The summed E-state index contributed by atoms with van der Waals surface area (Å²) in [5.74, 6) is 1.50. The minimum Gasteiger partial charge on any atom is -0.497 e. The molecule has 2 fully saturated rings. The van der Waals surface area contributed by atoms with Crippen molar-refractivity contribution in [3.05, 3.63) is 144 Å². The van der Waals surface area contributed by atoms with Gasteiger partial charge in [0, 0.05) is 0 Å². The van der Waals surface area contributed by atoms with Crippen molar-refractivity contribution in [3.8, 4) is 11.5 Å². The van der Waals surface area contributed by atoms with Crippen LogP contribution < -0.4 is 9.47 Å². The Labute approximate surface area is 251 Å². The van der Waals surface area contributed by atoms with Crippen LogP contribution in [0.1, 0.15) is 28.4 Å². The molecule has 2 aliphatic rings. The zero-order valence-electron chi connectivity index (χ0n) is 24.2. The van der Waals surface area contributed by atoms with Crippen molar-refractivity contribution >= 4 is 10.8 Å². The Balaban J connectivity index is 1.31. The Bertz CT molecular complexity index is 1650. The lowest BCUT2D eigenvalue weighted by Gasteiger charge is -2.39. The van der Waals surface area contributed by atoms with Gasteiger partial charge in [-0.1, -0.05) is 97.1 Å². The van der Waals surface area contributed by atoms with Gasteiger partial charge in [-0.15, -0.1) is 0 Å². The second kappa shape index (κ2) is 11.1. The van der Waals surface area contributed by atoms with Crippen LogP contribution in [0.4, 0.5) is 0 Å². The highest BCUT2D eigenvalue weighted by Crippen LogP contribution is 2.50. The number of aliphatic hydroxyl groups excluding tert-OH is 1. The van der Waals surface area contributed by atoms with Gasteiger partial charge in [-0.05, 0) is 57.3 Å². The van der Waals surface area contributed by atoms with E-state index in [0.717, 1.165) is 44.5 Å². The predicted octanol–water partition coefficient (Wildman–Crippen LogP) is 6.44. The second-order valence-electron chi connectivity index (χ2n) is 11.2. The maximum absolute atomic E-state index is 11.7. The SMILES string of the molecule is COc1ccc(C(OC[C@@]23CO[C@@H]([C@H](c4cccc5ccccc45)O2)[C@@H]3O)(c2ccccc2)c2ccc(OC)cc2)cc1. The van der Waals surface area contributed by atoms with Gasteiger partial charge in [0.05, 0.1) is 27.4 Å². The average Bonchev–Trinajstić information content (AvgIpc) is 3.54. The first kappa shape index (κ1) is 27.6. The summed E-state index contributed by atoms with van der Waals surface area (Å²) in [5, 5.41) is 13.9. The molecule has 43 heavy (non-hydrogen) atoms. The summed E-state index contributed by atoms with van der Waals surface area (Å²) in [6, 6.07) is 40.3. The van der Waals surface area contributed by atoms with Crippen molar-refractivity contribution in [2.24, 2.45) is 0 Å². The van der Waals surface area contributed by atoms with Crippen LogP contribution in [0.5, 0.6) is 11.5 Å². The van der Waals surface area contributed by atoms with Gasteiger partial charge in [-0.3, -0.25) is 0 Å². The molecule has 4 atom stereocenters. The minimum absolute atomic E-state index is 0.0961. The zero-order chi connectivity index (χ0) is 29.4. The van der Waals surface area contributed by atoms with Gasteiger partial charge in [-0.2, -0.15) is 0 Å². The highest BCUT2D eigenvalue weighted by molar-refractivity contribution is 5.86. The molecular formula is C37H34O6. The number of rotatable bonds is 9. The molecule has 2 heterocycles. The summed E-state index contributed by atoms with van der Waals surface area (Å²) < 4.78 is 31.1. The molecule has 2 aliphatic heterocycles. The van der Waals surface area contributed by atoms with Gasteiger partial charge in [0.1, 0.15) is 41.0 Å². The van der Waals surface area contributed by atoms with Crippen LogP contribution in [0.15, 0.2) is 121 Å². The maximum atomic E-state index is 11.7. The summed E-state index contributed by atoms with van der Waals surface area (Å²) in [4.78, 5) is 0. The first-order valence-corrected chi connectivity index (χ1v) is 14.5. The second-order valence-corrected chi connectivity index (χ2v) is 11.2. The third kappa shape index (κ3) is 4.58. The number of hydrogen-bond acceptors (Lipinski definition) is 6. The largest absolute Gasteiger partial charge is 0.497 e. The van der Waals surface area contributed by atoms with E-state index in [1.807, 2.05) is 84.9 Å². The van der Waals surface area contributed by atoms with E-state index in [0.29, 0.717) is 0 Å². The maximum Gasteiger partial charge on any atom is 0.144 e. The molecule has 0 saturated carbocycles. The highest BCUT2D eigenvalue weighted by Gasteiger charge is 2.62. The van der Waals surface area contributed by atoms with E-state index in [1.165, 1.54) is 0 Å². The van der Waals surface area contributed by atoms with E-state index < -0.39 is 29.5 Å². The number of methoxy groups -OCH3 is 2. The minimum atomic E-state index is -1.05. The molecule has 2 saturated heterocycles. The molecule has 6 nitrogen and oxygen atoms in total. The van der Waals surface area contributed by atoms with Crippen LogP contribution in [0.3, 0.4) is 0 Å². The van der Waals surface area contributed by atoms with Gasteiger partial charge in [0.2, 0.25) is 0 Å². The van der Waals surface area contributed by atoms with E-state index in [9.17, 15) is 5.11 Å². The van der Waals surface area contributed by atoms with Gasteiger partial charge in [-0.25, -0.2) is 0 Å². The van der Waals surface area contributed by atoms with Crippen LogP contribution in [-0.2, 0) is 19.8 Å². The molecule has 0 amide bonds. The van der Waals surface area contributed by atoms with E-state index >= 15 is 0 Å². The van der Waals surface area contributed by atoms with E-state index in [1.54, 1.807) is 14.2 Å². The standard InChI is InChI=1S/C37H34O6/c1-39-29-19-15-27(16-20-29)37(26-11-4-3-5-12-26,28-17-21-30(40-2)22-18-28)42-24-36-23-41-34(35(36)38)33(43-36)32-14-8-10-25-9-6-7-13-31(25)32/h3-22,33-35,38H,23-24H2,1-2H3/t33-,34-,35-,36+/m0/s1. The van der Waals surface area contributed by atoms with Crippen LogP contribution >= 0.6 is 0 Å². The van der Waals surface area contributed by atoms with Gasteiger partial charge in [0.25, 0.3) is 0 Å². The van der Waals surface area contributed by atoms with Crippen LogP contribution in [0.2, 0.25) is 0 Å². The number of benzene rings is 5. The van der Waals surface area contributed by atoms with Gasteiger partial charge in [0.15, 0.2) is 0 Å². The summed E-state index contributed by atoms with van der Waals surface area (Å²) in [6.45, 7) is 0.328. The molecular weight excluding hydrogens is 540 g/mol. The van der Waals surface area contributed by atoms with Crippen molar-refractivity contribution in [1.29, 1.82) is 0 Å². The molecule has 218 valence electrons. The lowest BCUT2D eigenvalue weighted by Crippen LogP contribution is -2.48. The van der Waals surface area contributed by atoms with Crippen LogP contribution in [0, 0.1) is 0 Å². The molecule has 0 unspecified atom stereocenters. The predicted molar refractivity (Wildman–Crippen MR) is 165 cm³/mol. The van der Waals surface area contributed by atoms with Crippen molar-refractivity contribution in [2.75, 3.05) is 27.4 Å². The average molecular weight is 575 g/mol. The zero-order valence-corrected chi connectivity index (χ0v) is 24.2. The lowest BCUT2D eigenvalue weighted by atomic mass is 9.79. The summed E-state index contributed by atoms with van der Waals surface area (Å²) in [6.07, 6.45) is -1.79. The number of aliphatic hydroxyl groups is 1. The molecule has 0 spiro atoms. The fraction of sp³-hybridized carbons (Fsp3) is 0.243. The van der Waals surface area contributed by atoms with E-state index in [4.69, 9.17) is 23.7 Å². The van der Waals surface area contributed by atoms with Crippen molar-refractivity contribution in [3.63, 3.8) is 0 Å². The quantitative estimate of drug-likeness (QED) is 0.205. The first-order chi connectivity index (χ1) is 21.1. The lowest BCUT2D eigenvalue weighted by molar-refractivity contribution is -0.184. The van der Waals surface area contributed by atoms with E-state index in [-0.39, 0.29) is 13.2 Å². The van der Waals surface area contributed by atoms with Crippen molar-refractivity contribution in [1.82, 2.24) is 0 Å². The molecule has 6 heteroatoms. The molecule has 0 aliphatic carbocycles.